The molecule has 11 heteroatoms. The summed E-state index contributed by atoms with van der Waals surface area (Å²) in [7, 11) is 0. The van der Waals surface area contributed by atoms with Crippen LogP contribution >= 0.6 is 11.6 Å². The lowest BCUT2D eigenvalue weighted by Gasteiger charge is -2.37. The van der Waals surface area contributed by atoms with Crippen molar-refractivity contribution in [2.45, 2.75) is 32.9 Å². The average molecular weight is 543 g/mol. The van der Waals surface area contributed by atoms with E-state index in [1.807, 2.05) is 23.6 Å². The Labute approximate surface area is 230 Å². The number of aromatic nitrogens is 5. The monoisotopic (exact) mass is 542 g/mol. The van der Waals surface area contributed by atoms with E-state index in [0.29, 0.717) is 56.5 Å². The van der Waals surface area contributed by atoms with E-state index in [1.165, 1.54) is 0 Å². The van der Waals surface area contributed by atoms with Gasteiger partial charge in [0.15, 0.2) is 17.2 Å². The largest absolute Gasteiger partial charge is 0.453 e. The molecule has 39 heavy (non-hydrogen) atoms. The number of piperazine rings is 1. The topological polar surface area (TPSA) is 110 Å². The van der Waals surface area contributed by atoms with Gasteiger partial charge in [0.25, 0.3) is 5.91 Å². The molecule has 2 unspecified atom stereocenters. The molecule has 1 amide bonds. The third kappa shape index (κ3) is 5.08. The molecule has 0 spiro atoms. The summed E-state index contributed by atoms with van der Waals surface area (Å²) in [5, 5.41) is 7.06. The zero-order valence-electron chi connectivity index (χ0n) is 21.7. The Morgan fingerprint density at radius 3 is 2.62 bits per heavy atom. The van der Waals surface area contributed by atoms with Crippen LogP contribution in [0.2, 0.25) is 5.02 Å². The molecular formula is C28H27ClN8O2. The van der Waals surface area contributed by atoms with Crippen molar-refractivity contribution in [2.75, 3.05) is 23.3 Å². The Morgan fingerprint density at radius 1 is 1.08 bits per heavy atom. The Balaban J connectivity index is 1.34. The first kappa shape index (κ1) is 25.0. The lowest BCUT2D eigenvalue weighted by Crippen LogP contribution is -2.54. The summed E-state index contributed by atoms with van der Waals surface area (Å²) in [4.78, 5) is 34.1. The summed E-state index contributed by atoms with van der Waals surface area (Å²) in [5.41, 5.74) is 3.37. The maximum absolute atomic E-state index is 13.5. The first-order valence-electron chi connectivity index (χ1n) is 12.7. The molecule has 1 saturated heterocycles. The van der Waals surface area contributed by atoms with E-state index in [-0.39, 0.29) is 5.91 Å². The van der Waals surface area contributed by atoms with Gasteiger partial charge in [0.1, 0.15) is 16.8 Å². The number of anilines is 2. The smallest absolute Gasteiger partial charge is 0.259 e. The molecule has 0 bridgehead atoms. The predicted molar refractivity (Wildman–Crippen MR) is 151 cm³/mol. The molecule has 5 heterocycles. The number of halogens is 1. The highest BCUT2D eigenvalue weighted by molar-refractivity contribution is 6.30. The van der Waals surface area contributed by atoms with Crippen molar-refractivity contribution < 1.29 is 9.53 Å². The molecule has 0 saturated carbocycles. The number of pyridine rings is 2. The molecule has 5 aromatic rings. The van der Waals surface area contributed by atoms with Crippen molar-refractivity contribution in [2.24, 2.45) is 0 Å². The van der Waals surface area contributed by atoms with Crippen molar-refractivity contribution >= 4 is 45.7 Å². The molecular weight excluding hydrogens is 516 g/mol. The number of ether oxygens (including phenoxy) is 1. The van der Waals surface area contributed by atoms with Crippen LogP contribution in [-0.4, -0.2) is 55.4 Å². The number of hydrogen-bond donors (Lipinski definition) is 2. The molecule has 1 aliphatic heterocycles. The van der Waals surface area contributed by atoms with Gasteiger partial charge in [-0.2, -0.15) is 0 Å². The second-order valence-corrected chi connectivity index (χ2v) is 10.3. The fourth-order valence-electron chi connectivity index (χ4n) is 5.03. The molecule has 2 atom stereocenters. The number of hydrogen-bond acceptors (Lipinski definition) is 8. The van der Waals surface area contributed by atoms with Crippen molar-refractivity contribution in [1.29, 1.82) is 0 Å². The zero-order valence-corrected chi connectivity index (χ0v) is 22.5. The second kappa shape index (κ2) is 10.1. The molecule has 198 valence electrons. The van der Waals surface area contributed by atoms with Crippen LogP contribution in [0.25, 0.3) is 16.7 Å². The molecule has 4 aromatic heterocycles. The van der Waals surface area contributed by atoms with E-state index in [9.17, 15) is 4.79 Å². The third-order valence-corrected chi connectivity index (χ3v) is 6.74. The number of carbonyl (C=O) groups is 1. The standard InChI is InChI=1S/C28H27ClN8O2/c1-16-12-36(13-17(2)33-16)27-25-24(30-7-8-31-25)22(11-32-27)28(38)35-20-10-23(26-34-18(3)14-37(26)15-20)39-21-6-4-5-19(29)9-21/h4-11,14-17,33H,12-13H2,1-3H3,(H,35,38). The van der Waals surface area contributed by atoms with E-state index in [4.69, 9.17) is 16.3 Å². The molecule has 6 rings (SSSR count). The van der Waals surface area contributed by atoms with Gasteiger partial charge in [-0.05, 0) is 39.0 Å². The van der Waals surface area contributed by atoms with Gasteiger partial charge < -0.3 is 24.7 Å². The lowest BCUT2D eigenvalue weighted by atomic mass is 10.1. The summed E-state index contributed by atoms with van der Waals surface area (Å²) < 4.78 is 7.94. The summed E-state index contributed by atoms with van der Waals surface area (Å²) in [6.07, 6.45) is 8.43. The van der Waals surface area contributed by atoms with Crippen LogP contribution in [0, 0.1) is 6.92 Å². The van der Waals surface area contributed by atoms with E-state index < -0.39 is 0 Å². The van der Waals surface area contributed by atoms with Crippen molar-refractivity contribution in [3.8, 4) is 11.5 Å². The van der Waals surface area contributed by atoms with E-state index in [1.54, 1.807) is 49.1 Å². The minimum atomic E-state index is -0.355. The minimum Gasteiger partial charge on any atom is -0.453 e. The minimum absolute atomic E-state index is 0.301. The number of imidazole rings is 1. The number of aryl methyl sites for hydroxylation is 1. The average Bonchev–Trinajstić information content (AvgIpc) is 3.28. The number of amides is 1. The van der Waals surface area contributed by atoms with E-state index in [2.05, 4.69) is 49.3 Å². The first-order chi connectivity index (χ1) is 18.8. The van der Waals surface area contributed by atoms with Crippen LogP contribution in [0.15, 0.2) is 61.3 Å². The van der Waals surface area contributed by atoms with Crippen molar-refractivity contribution in [3.05, 3.63) is 77.6 Å². The van der Waals surface area contributed by atoms with Crippen molar-refractivity contribution in [1.82, 2.24) is 29.7 Å². The van der Waals surface area contributed by atoms with Gasteiger partial charge >= 0.3 is 0 Å². The summed E-state index contributed by atoms with van der Waals surface area (Å²) in [6, 6.07) is 9.45. The molecule has 10 nitrogen and oxygen atoms in total. The van der Waals surface area contributed by atoms with Crippen LogP contribution in [0.5, 0.6) is 11.5 Å². The quantitative estimate of drug-likeness (QED) is 0.324. The molecule has 0 aliphatic carbocycles. The number of nitrogens with zero attached hydrogens (tertiary/aromatic N) is 6. The molecule has 1 aliphatic rings. The highest BCUT2D eigenvalue weighted by atomic mass is 35.5. The Bertz CT molecular complexity index is 1690. The highest BCUT2D eigenvalue weighted by Crippen LogP contribution is 2.31. The van der Waals surface area contributed by atoms with Gasteiger partial charge in [0, 0.05) is 67.2 Å². The zero-order chi connectivity index (χ0) is 27.1. The Kier molecular flexibility index (Phi) is 6.49. The van der Waals surface area contributed by atoms with Gasteiger partial charge in [-0.1, -0.05) is 17.7 Å². The lowest BCUT2D eigenvalue weighted by molar-refractivity contribution is 0.102. The fourth-order valence-corrected chi connectivity index (χ4v) is 5.21. The Hall–Kier alpha value is -4.28. The van der Waals surface area contributed by atoms with Crippen LogP contribution in [0.4, 0.5) is 11.5 Å². The SMILES string of the molecule is Cc1cn2cc(NC(=O)c3cnc(N4CC(C)NC(C)C4)c4nccnc34)cc(Oc3cccc(Cl)c3)c2n1. The van der Waals surface area contributed by atoms with E-state index in [0.717, 1.165) is 24.6 Å². The van der Waals surface area contributed by atoms with Gasteiger partial charge in [-0.25, -0.2) is 15.0 Å². The number of rotatable bonds is 5. The van der Waals surface area contributed by atoms with Gasteiger partial charge in [0.05, 0.1) is 16.9 Å². The highest BCUT2D eigenvalue weighted by Gasteiger charge is 2.26. The predicted octanol–water partition coefficient (Wildman–Crippen LogP) is 4.87. The van der Waals surface area contributed by atoms with Gasteiger partial charge in [0.2, 0.25) is 0 Å². The summed E-state index contributed by atoms with van der Waals surface area (Å²) >= 11 is 6.14. The van der Waals surface area contributed by atoms with Gasteiger partial charge in [-0.3, -0.25) is 9.78 Å². The summed E-state index contributed by atoms with van der Waals surface area (Å²) in [5.74, 6) is 1.41. The van der Waals surface area contributed by atoms with Crippen LogP contribution in [-0.2, 0) is 0 Å². The molecule has 2 N–H and O–H groups in total. The first-order valence-corrected chi connectivity index (χ1v) is 13.1. The van der Waals surface area contributed by atoms with Crippen LogP contribution in [0.1, 0.15) is 29.9 Å². The van der Waals surface area contributed by atoms with Gasteiger partial charge in [-0.15, -0.1) is 0 Å². The van der Waals surface area contributed by atoms with E-state index >= 15 is 0 Å². The fraction of sp³-hybridized carbons (Fsp3) is 0.250. The normalized spacial score (nSPS) is 17.5. The van der Waals surface area contributed by atoms with Crippen molar-refractivity contribution in [3.63, 3.8) is 0 Å². The molecule has 1 aromatic carbocycles. The molecule has 1 fully saturated rings. The number of nitrogens with one attached hydrogen (secondary N) is 2. The maximum atomic E-state index is 13.5. The number of benzene rings is 1. The third-order valence-electron chi connectivity index (χ3n) is 6.50. The molecule has 0 radical (unpaired) electrons. The summed E-state index contributed by atoms with van der Waals surface area (Å²) in [6.45, 7) is 7.75. The second-order valence-electron chi connectivity index (χ2n) is 9.84. The van der Waals surface area contributed by atoms with Crippen LogP contribution in [0.3, 0.4) is 0 Å². The van der Waals surface area contributed by atoms with Crippen LogP contribution < -0.4 is 20.3 Å². The maximum Gasteiger partial charge on any atom is 0.259 e. The number of fused-ring (bicyclic) bond motifs is 2. The number of carbonyl (C=O) groups excluding carboxylic acids is 1. The Morgan fingerprint density at radius 2 is 1.85 bits per heavy atom.